The molecule has 0 N–H and O–H groups in total. The summed E-state index contributed by atoms with van der Waals surface area (Å²) in [6, 6.07) is 9.94. The second-order valence-corrected chi connectivity index (χ2v) is 6.52. The minimum atomic E-state index is -0.448. The number of carbonyl (C=O) groups is 1. The first-order valence-electron chi connectivity index (χ1n) is 8.72. The highest BCUT2D eigenvalue weighted by molar-refractivity contribution is 5.79. The van der Waals surface area contributed by atoms with E-state index in [1.165, 1.54) is 12.1 Å². The average molecular weight is 370 g/mol. The zero-order chi connectivity index (χ0) is 19.6. The predicted molar refractivity (Wildman–Crippen MR) is 100 cm³/mol. The Labute approximate surface area is 157 Å². The maximum atomic E-state index is 12.8. The van der Waals surface area contributed by atoms with Crippen LogP contribution in [0.25, 0.3) is 0 Å². The molecule has 0 radical (unpaired) electrons. The zero-order valence-electron chi connectivity index (χ0n) is 15.6. The molecule has 7 heteroatoms. The highest BCUT2D eigenvalue weighted by Crippen LogP contribution is 2.38. The number of hydrogen-bond acceptors (Lipinski definition) is 5. The van der Waals surface area contributed by atoms with E-state index in [-0.39, 0.29) is 24.1 Å². The average Bonchev–Trinajstić information content (AvgIpc) is 2.67. The first-order valence-corrected chi connectivity index (χ1v) is 8.72. The Hall–Kier alpha value is -3.09. The quantitative estimate of drug-likeness (QED) is 0.596. The number of nitro groups is 1. The van der Waals surface area contributed by atoms with Gasteiger partial charge in [-0.3, -0.25) is 14.9 Å². The van der Waals surface area contributed by atoms with Gasteiger partial charge in [-0.15, -0.1) is 0 Å². The number of nitro benzene ring substituents is 1. The number of carbonyl (C=O) groups excluding carboxylic acids is 1. The van der Waals surface area contributed by atoms with Gasteiger partial charge in [-0.25, -0.2) is 0 Å². The van der Waals surface area contributed by atoms with Gasteiger partial charge in [-0.05, 0) is 42.2 Å². The third-order valence-corrected chi connectivity index (χ3v) is 5.01. The standard InChI is InChI=1S/C20H22N2O5/c1-13-17-12-19(27-3)18(26-2)11-15(17)8-9-21(13)20(23)10-14-4-6-16(7-5-14)22(24)25/h4-7,11-13H,8-10H2,1-3H3. The SMILES string of the molecule is COc1cc2c(cc1OC)C(C)N(C(=O)Cc1ccc([N+](=O)[O-])cc1)CC2. The first-order chi connectivity index (χ1) is 12.9. The lowest BCUT2D eigenvalue weighted by atomic mass is 9.92. The van der Waals surface area contributed by atoms with Crippen molar-refractivity contribution in [3.8, 4) is 11.5 Å². The number of non-ortho nitro benzene ring substituents is 1. The molecule has 1 aliphatic rings. The Morgan fingerprint density at radius 1 is 1.19 bits per heavy atom. The van der Waals surface area contributed by atoms with E-state index in [0.29, 0.717) is 18.0 Å². The molecule has 2 aromatic carbocycles. The second kappa shape index (κ2) is 7.65. The fourth-order valence-corrected chi connectivity index (χ4v) is 3.50. The Morgan fingerprint density at radius 3 is 2.41 bits per heavy atom. The van der Waals surface area contributed by atoms with Crippen molar-refractivity contribution < 1.29 is 19.2 Å². The number of fused-ring (bicyclic) bond motifs is 1. The molecule has 0 aliphatic carbocycles. The topological polar surface area (TPSA) is 81.9 Å². The third kappa shape index (κ3) is 3.72. The van der Waals surface area contributed by atoms with E-state index in [9.17, 15) is 14.9 Å². The summed E-state index contributed by atoms with van der Waals surface area (Å²) in [7, 11) is 3.20. The number of hydrogen-bond donors (Lipinski definition) is 0. The van der Waals surface area contributed by atoms with Crippen molar-refractivity contribution >= 4 is 11.6 Å². The molecule has 7 nitrogen and oxygen atoms in total. The van der Waals surface area contributed by atoms with Crippen molar-refractivity contribution in [1.29, 1.82) is 0 Å². The van der Waals surface area contributed by atoms with Crippen LogP contribution in [0.2, 0.25) is 0 Å². The lowest BCUT2D eigenvalue weighted by molar-refractivity contribution is -0.384. The van der Waals surface area contributed by atoms with E-state index in [1.807, 2.05) is 24.0 Å². The van der Waals surface area contributed by atoms with Crippen LogP contribution in [0.5, 0.6) is 11.5 Å². The van der Waals surface area contributed by atoms with Gasteiger partial charge in [-0.1, -0.05) is 12.1 Å². The zero-order valence-corrected chi connectivity index (χ0v) is 15.6. The predicted octanol–water partition coefficient (Wildman–Crippen LogP) is 3.30. The molecule has 3 rings (SSSR count). The molecular formula is C20H22N2O5. The highest BCUT2D eigenvalue weighted by Gasteiger charge is 2.29. The van der Waals surface area contributed by atoms with Crippen LogP contribution in [0.15, 0.2) is 36.4 Å². The van der Waals surface area contributed by atoms with Crippen molar-refractivity contribution in [2.24, 2.45) is 0 Å². The molecule has 0 aromatic heterocycles. The second-order valence-electron chi connectivity index (χ2n) is 6.52. The number of amides is 1. The number of methoxy groups -OCH3 is 2. The molecule has 1 heterocycles. The fraction of sp³-hybridized carbons (Fsp3) is 0.350. The highest BCUT2D eigenvalue weighted by atomic mass is 16.6. The summed E-state index contributed by atoms with van der Waals surface area (Å²) < 4.78 is 10.8. The normalized spacial score (nSPS) is 15.8. The molecule has 1 atom stereocenters. The van der Waals surface area contributed by atoms with Crippen molar-refractivity contribution in [3.63, 3.8) is 0 Å². The molecule has 0 spiro atoms. The Kier molecular flexibility index (Phi) is 5.30. The summed E-state index contributed by atoms with van der Waals surface area (Å²) in [5.41, 5.74) is 2.99. The van der Waals surface area contributed by atoms with Gasteiger partial charge in [-0.2, -0.15) is 0 Å². The summed E-state index contributed by atoms with van der Waals surface area (Å²) in [5.74, 6) is 1.33. The smallest absolute Gasteiger partial charge is 0.269 e. The monoisotopic (exact) mass is 370 g/mol. The van der Waals surface area contributed by atoms with Gasteiger partial charge >= 0.3 is 0 Å². The molecule has 1 amide bonds. The molecule has 0 bridgehead atoms. The van der Waals surface area contributed by atoms with Gasteiger partial charge < -0.3 is 14.4 Å². The van der Waals surface area contributed by atoms with E-state index in [0.717, 1.165) is 23.1 Å². The van der Waals surface area contributed by atoms with Gasteiger partial charge in [0.1, 0.15) is 0 Å². The summed E-state index contributed by atoms with van der Waals surface area (Å²) in [4.78, 5) is 25.0. The van der Waals surface area contributed by atoms with E-state index in [4.69, 9.17) is 9.47 Å². The first kappa shape index (κ1) is 18.7. The van der Waals surface area contributed by atoms with Crippen molar-refractivity contribution in [1.82, 2.24) is 4.90 Å². The number of nitrogens with zero attached hydrogens (tertiary/aromatic N) is 2. The van der Waals surface area contributed by atoms with Crippen LogP contribution in [0.3, 0.4) is 0 Å². The number of rotatable bonds is 5. The van der Waals surface area contributed by atoms with E-state index in [2.05, 4.69) is 0 Å². The third-order valence-electron chi connectivity index (χ3n) is 5.01. The Balaban J connectivity index is 1.78. The summed E-state index contributed by atoms with van der Waals surface area (Å²) in [6.45, 7) is 2.62. The molecule has 2 aromatic rings. The Morgan fingerprint density at radius 2 is 1.81 bits per heavy atom. The van der Waals surface area contributed by atoms with Crippen LogP contribution in [-0.4, -0.2) is 36.5 Å². The van der Waals surface area contributed by atoms with Crippen LogP contribution in [0.1, 0.15) is 29.7 Å². The summed E-state index contributed by atoms with van der Waals surface area (Å²) >= 11 is 0. The maximum Gasteiger partial charge on any atom is 0.269 e. The van der Waals surface area contributed by atoms with Gasteiger partial charge in [0.25, 0.3) is 5.69 Å². The molecule has 27 heavy (non-hydrogen) atoms. The Bertz CT molecular complexity index is 863. The van der Waals surface area contributed by atoms with Crippen LogP contribution < -0.4 is 9.47 Å². The van der Waals surface area contributed by atoms with Crippen molar-refractivity contribution in [2.75, 3.05) is 20.8 Å². The lowest BCUT2D eigenvalue weighted by Crippen LogP contribution is -2.39. The molecule has 1 aliphatic heterocycles. The minimum Gasteiger partial charge on any atom is -0.493 e. The van der Waals surface area contributed by atoms with Gasteiger partial charge in [0.2, 0.25) is 5.91 Å². The van der Waals surface area contributed by atoms with Gasteiger partial charge in [0.05, 0.1) is 31.6 Å². The molecule has 1 unspecified atom stereocenters. The van der Waals surface area contributed by atoms with Crippen LogP contribution in [0, 0.1) is 10.1 Å². The van der Waals surface area contributed by atoms with Gasteiger partial charge in [0, 0.05) is 18.7 Å². The molecule has 0 fully saturated rings. The van der Waals surface area contributed by atoms with Crippen molar-refractivity contribution in [3.05, 3.63) is 63.2 Å². The molecule has 0 saturated carbocycles. The molecule has 0 saturated heterocycles. The van der Waals surface area contributed by atoms with E-state index < -0.39 is 4.92 Å². The van der Waals surface area contributed by atoms with E-state index in [1.54, 1.807) is 26.4 Å². The van der Waals surface area contributed by atoms with Crippen molar-refractivity contribution in [2.45, 2.75) is 25.8 Å². The fourth-order valence-electron chi connectivity index (χ4n) is 3.50. The van der Waals surface area contributed by atoms with Crippen LogP contribution >= 0.6 is 0 Å². The van der Waals surface area contributed by atoms with Crippen LogP contribution in [-0.2, 0) is 17.6 Å². The summed E-state index contributed by atoms with van der Waals surface area (Å²) in [6.07, 6.45) is 0.955. The minimum absolute atomic E-state index is 0.00297. The number of benzene rings is 2. The number of ether oxygens (including phenoxy) is 2. The maximum absolute atomic E-state index is 12.8. The molecule has 142 valence electrons. The largest absolute Gasteiger partial charge is 0.493 e. The lowest BCUT2D eigenvalue weighted by Gasteiger charge is -2.36. The molecular weight excluding hydrogens is 348 g/mol. The van der Waals surface area contributed by atoms with Crippen LogP contribution in [0.4, 0.5) is 5.69 Å². The van der Waals surface area contributed by atoms with E-state index >= 15 is 0 Å². The summed E-state index contributed by atoms with van der Waals surface area (Å²) in [5, 5.41) is 10.8. The van der Waals surface area contributed by atoms with Gasteiger partial charge in [0.15, 0.2) is 11.5 Å².